The molecule has 2 aliphatic rings. The number of amides is 1. The number of carbonyl (C=O) groups excluding carboxylic acids is 1. The molecule has 1 fully saturated rings. The number of hydrogen-bond acceptors (Lipinski definition) is 4. The molecule has 1 aromatic rings. The van der Waals surface area contributed by atoms with Gasteiger partial charge in [0.1, 0.15) is 0 Å². The zero-order valence-electron chi connectivity index (χ0n) is 13.8. The van der Waals surface area contributed by atoms with E-state index in [1.165, 1.54) is 12.0 Å². The maximum Gasteiger partial charge on any atom is 0.240 e. The molecule has 0 bridgehead atoms. The second kappa shape index (κ2) is 7.88. The number of benzene rings is 1. The van der Waals surface area contributed by atoms with Gasteiger partial charge in [-0.1, -0.05) is 6.42 Å². The highest BCUT2D eigenvalue weighted by Crippen LogP contribution is 2.33. The summed E-state index contributed by atoms with van der Waals surface area (Å²) >= 11 is 0. The van der Waals surface area contributed by atoms with Crippen LogP contribution in [0.1, 0.15) is 30.4 Å². The molecule has 0 radical (unpaired) electrons. The summed E-state index contributed by atoms with van der Waals surface area (Å²) in [5.41, 5.74) is 2.41. The number of nitrogens with one attached hydrogen (secondary N) is 1. The predicted molar refractivity (Wildman–Crippen MR) is 91.6 cm³/mol. The molecule has 23 heavy (non-hydrogen) atoms. The molecule has 0 spiro atoms. The van der Waals surface area contributed by atoms with Gasteiger partial charge in [-0.05, 0) is 49.1 Å². The summed E-state index contributed by atoms with van der Waals surface area (Å²) in [6.45, 7) is 2.39. The molecule has 1 aromatic carbocycles. The van der Waals surface area contributed by atoms with Gasteiger partial charge in [-0.3, -0.25) is 4.79 Å². The molecule has 128 valence electrons. The maximum absolute atomic E-state index is 12.6. The van der Waals surface area contributed by atoms with Crippen LogP contribution in [0.4, 0.5) is 0 Å². The molecule has 1 unspecified atom stereocenters. The lowest BCUT2D eigenvalue weighted by Gasteiger charge is -2.33. The molecule has 0 saturated carbocycles. The van der Waals surface area contributed by atoms with Crippen molar-refractivity contribution in [1.29, 1.82) is 0 Å². The first-order valence-electron chi connectivity index (χ1n) is 7.99. The van der Waals surface area contributed by atoms with Crippen LogP contribution >= 0.6 is 12.4 Å². The van der Waals surface area contributed by atoms with E-state index in [2.05, 4.69) is 5.32 Å². The van der Waals surface area contributed by atoms with Gasteiger partial charge >= 0.3 is 0 Å². The van der Waals surface area contributed by atoms with Crippen molar-refractivity contribution >= 4 is 18.3 Å². The Kier molecular flexibility index (Phi) is 6.13. The average Bonchev–Trinajstić information content (AvgIpc) is 2.60. The number of nitrogens with zero attached hydrogens (tertiary/aromatic N) is 1. The van der Waals surface area contributed by atoms with E-state index in [0.29, 0.717) is 6.54 Å². The van der Waals surface area contributed by atoms with Crippen LogP contribution in [0.2, 0.25) is 0 Å². The average molecular weight is 341 g/mol. The third-order valence-electron chi connectivity index (χ3n) is 4.64. The summed E-state index contributed by atoms with van der Waals surface area (Å²) in [4.78, 5) is 14.6. The van der Waals surface area contributed by atoms with Crippen LogP contribution in [0.3, 0.4) is 0 Å². The first kappa shape index (κ1) is 17.9. The van der Waals surface area contributed by atoms with Crippen molar-refractivity contribution in [2.45, 2.75) is 38.3 Å². The zero-order chi connectivity index (χ0) is 15.5. The van der Waals surface area contributed by atoms with E-state index in [-0.39, 0.29) is 24.4 Å². The van der Waals surface area contributed by atoms with Crippen molar-refractivity contribution in [3.8, 4) is 11.5 Å². The highest BCUT2D eigenvalue weighted by Gasteiger charge is 2.28. The van der Waals surface area contributed by atoms with Gasteiger partial charge < -0.3 is 19.7 Å². The number of ether oxygens (including phenoxy) is 2. The number of methoxy groups -OCH3 is 2. The molecule has 3 rings (SSSR count). The topological polar surface area (TPSA) is 50.8 Å². The second-order valence-corrected chi connectivity index (χ2v) is 5.99. The van der Waals surface area contributed by atoms with Gasteiger partial charge in [-0.25, -0.2) is 0 Å². The van der Waals surface area contributed by atoms with Crippen LogP contribution in [0, 0.1) is 0 Å². The molecule has 6 heteroatoms. The third kappa shape index (κ3) is 3.72. The molecule has 2 heterocycles. The molecule has 1 saturated heterocycles. The van der Waals surface area contributed by atoms with Crippen LogP contribution in [0.5, 0.6) is 11.5 Å². The Morgan fingerprint density at radius 2 is 1.87 bits per heavy atom. The summed E-state index contributed by atoms with van der Waals surface area (Å²) in [7, 11) is 3.29. The minimum Gasteiger partial charge on any atom is -0.493 e. The maximum atomic E-state index is 12.6. The number of rotatable bonds is 3. The molecular formula is C17H25ClN2O3. The highest BCUT2D eigenvalue weighted by atomic mass is 35.5. The molecule has 1 atom stereocenters. The number of hydrogen-bond donors (Lipinski definition) is 1. The first-order valence-corrected chi connectivity index (χ1v) is 7.99. The van der Waals surface area contributed by atoms with E-state index in [0.717, 1.165) is 49.4 Å². The van der Waals surface area contributed by atoms with E-state index < -0.39 is 0 Å². The lowest BCUT2D eigenvalue weighted by Crippen LogP contribution is -2.49. The number of fused-ring (bicyclic) bond motifs is 1. The monoisotopic (exact) mass is 340 g/mol. The molecule has 0 aromatic heterocycles. The van der Waals surface area contributed by atoms with Crippen molar-refractivity contribution in [2.24, 2.45) is 0 Å². The van der Waals surface area contributed by atoms with Gasteiger partial charge in [-0.2, -0.15) is 0 Å². The number of piperidine rings is 1. The van der Waals surface area contributed by atoms with Crippen LogP contribution < -0.4 is 14.8 Å². The van der Waals surface area contributed by atoms with Crippen molar-refractivity contribution in [2.75, 3.05) is 27.3 Å². The number of carbonyl (C=O) groups is 1. The van der Waals surface area contributed by atoms with Gasteiger partial charge in [0.25, 0.3) is 0 Å². The number of halogens is 1. The fourth-order valence-electron chi connectivity index (χ4n) is 3.35. The van der Waals surface area contributed by atoms with Crippen molar-refractivity contribution < 1.29 is 14.3 Å². The minimum absolute atomic E-state index is 0. The SMILES string of the molecule is COc1cc2c(cc1OC)CN(C(=O)C1CCCCN1)CC2.Cl. The smallest absolute Gasteiger partial charge is 0.240 e. The Hall–Kier alpha value is -1.46. The fourth-order valence-corrected chi connectivity index (χ4v) is 3.35. The van der Waals surface area contributed by atoms with Crippen molar-refractivity contribution in [1.82, 2.24) is 10.2 Å². The highest BCUT2D eigenvalue weighted by molar-refractivity contribution is 5.85. The summed E-state index contributed by atoms with van der Waals surface area (Å²) in [5.74, 6) is 1.72. The van der Waals surface area contributed by atoms with Gasteiger partial charge in [0.2, 0.25) is 5.91 Å². The summed E-state index contributed by atoms with van der Waals surface area (Å²) in [5, 5.41) is 3.35. The van der Waals surface area contributed by atoms with Crippen LogP contribution in [-0.4, -0.2) is 44.2 Å². The molecular weight excluding hydrogens is 316 g/mol. The molecule has 1 N–H and O–H groups in total. The van der Waals surface area contributed by atoms with E-state index in [9.17, 15) is 4.79 Å². The fraction of sp³-hybridized carbons (Fsp3) is 0.588. The summed E-state index contributed by atoms with van der Waals surface area (Å²) in [6, 6.07) is 4.03. The van der Waals surface area contributed by atoms with Crippen LogP contribution in [0.25, 0.3) is 0 Å². The minimum atomic E-state index is -0.00422. The van der Waals surface area contributed by atoms with Crippen molar-refractivity contribution in [3.63, 3.8) is 0 Å². The van der Waals surface area contributed by atoms with Gasteiger partial charge in [0.15, 0.2) is 11.5 Å². The Bertz CT molecular complexity index is 559. The van der Waals surface area contributed by atoms with E-state index in [1.54, 1.807) is 14.2 Å². The second-order valence-electron chi connectivity index (χ2n) is 5.99. The quantitative estimate of drug-likeness (QED) is 0.916. The summed E-state index contributed by atoms with van der Waals surface area (Å²) < 4.78 is 10.7. The Morgan fingerprint density at radius 3 is 2.48 bits per heavy atom. The Balaban J connectivity index is 0.00000192. The van der Waals surface area contributed by atoms with Gasteiger partial charge in [0, 0.05) is 13.1 Å². The first-order chi connectivity index (χ1) is 10.7. The third-order valence-corrected chi connectivity index (χ3v) is 4.64. The molecule has 1 amide bonds. The van der Waals surface area contributed by atoms with Crippen LogP contribution in [-0.2, 0) is 17.8 Å². The van der Waals surface area contributed by atoms with Gasteiger partial charge in [0.05, 0.1) is 20.3 Å². The normalized spacial score (nSPS) is 20.3. The standard InChI is InChI=1S/C17H24N2O3.ClH/c1-21-15-9-12-6-8-19(11-13(12)10-16(15)22-2)17(20)14-5-3-4-7-18-14;/h9-10,14,18H,3-8,11H2,1-2H3;1H. The zero-order valence-corrected chi connectivity index (χ0v) is 14.6. The Labute approximate surface area is 143 Å². The molecule has 5 nitrogen and oxygen atoms in total. The lowest BCUT2D eigenvalue weighted by atomic mass is 9.97. The van der Waals surface area contributed by atoms with Crippen LogP contribution in [0.15, 0.2) is 12.1 Å². The largest absolute Gasteiger partial charge is 0.493 e. The van der Waals surface area contributed by atoms with Gasteiger partial charge in [-0.15, -0.1) is 12.4 Å². The summed E-state index contributed by atoms with van der Waals surface area (Å²) in [6.07, 6.45) is 4.13. The lowest BCUT2D eigenvalue weighted by molar-refractivity contribution is -0.135. The Morgan fingerprint density at radius 1 is 1.17 bits per heavy atom. The van der Waals surface area contributed by atoms with Crippen molar-refractivity contribution in [3.05, 3.63) is 23.3 Å². The molecule has 2 aliphatic heterocycles. The van der Waals surface area contributed by atoms with E-state index in [1.807, 2.05) is 17.0 Å². The molecule has 0 aliphatic carbocycles. The van der Waals surface area contributed by atoms with E-state index >= 15 is 0 Å². The predicted octanol–water partition coefficient (Wildman–Crippen LogP) is 2.15. The van der Waals surface area contributed by atoms with E-state index in [4.69, 9.17) is 9.47 Å².